The lowest BCUT2D eigenvalue weighted by Gasteiger charge is -2.39. The van der Waals surface area contributed by atoms with Crippen LogP contribution in [-0.2, 0) is 4.84 Å². The zero-order chi connectivity index (χ0) is 11.2. The van der Waals surface area contributed by atoms with Crippen molar-refractivity contribution < 1.29 is 20.5 Å². The Kier molecular flexibility index (Phi) is 2.98. The van der Waals surface area contributed by atoms with E-state index in [1.54, 1.807) is 0 Å². The first-order valence-corrected chi connectivity index (χ1v) is 5.37. The second-order valence-electron chi connectivity index (χ2n) is 4.79. The highest BCUT2D eigenvalue weighted by Crippen LogP contribution is 2.46. The van der Waals surface area contributed by atoms with Gasteiger partial charge in [-0.2, -0.15) is 0 Å². The third-order valence-corrected chi connectivity index (χ3v) is 4.09. The SMILES string of the molecule is CO[NH+]([O-])C1C2CC(CC2C)C1[NH+]([O-])O. The summed E-state index contributed by atoms with van der Waals surface area (Å²) in [5, 5.41) is 30.6. The van der Waals surface area contributed by atoms with Crippen LogP contribution in [-0.4, -0.2) is 24.4 Å². The van der Waals surface area contributed by atoms with Crippen molar-refractivity contribution >= 4 is 0 Å². The maximum Gasteiger partial charge on any atom is 0.176 e. The summed E-state index contributed by atoms with van der Waals surface area (Å²) >= 11 is 0. The molecule has 7 unspecified atom stereocenters. The summed E-state index contributed by atoms with van der Waals surface area (Å²) in [5.41, 5.74) is 0. The second-order valence-corrected chi connectivity index (χ2v) is 4.79. The van der Waals surface area contributed by atoms with Crippen molar-refractivity contribution in [3.05, 3.63) is 10.4 Å². The molecule has 6 heteroatoms. The highest BCUT2D eigenvalue weighted by molar-refractivity contribution is 4.99. The van der Waals surface area contributed by atoms with Crippen molar-refractivity contribution in [2.75, 3.05) is 7.11 Å². The van der Waals surface area contributed by atoms with Crippen LogP contribution in [0.3, 0.4) is 0 Å². The fourth-order valence-electron chi connectivity index (χ4n) is 3.50. The Balaban J connectivity index is 2.17. The van der Waals surface area contributed by atoms with Gasteiger partial charge in [-0.15, -0.1) is 0 Å². The topological polar surface area (TPSA) is 84.5 Å². The Morgan fingerprint density at radius 1 is 1.27 bits per heavy atom. The minimum atomic E-state index is -0.843. The molecule has 2 fully saturated rings. The minimum Gasteiger partial charge on any atom is -0.600 e. The van der Waals surface area contributed by atoms with E-state index >= 15 is 0 Å². The summed E-state index contributed by atoms with van der Waals surface area (Å²) in [5.74, 6) is 0.838. The molecule has 0 amide bonds. The fourth-order valence-corrected chi connectivity index (χ4v) is 3.50. The van der Waals surface area contributed by atoms with Crippen molar-refractivity contribution in [2.45, 2.75) is 31.8 Å². The van der Waals surface area contributed by atoms with Gasteiger partial charge in [0.05, 0.1) is 7.11 Å². The Bertz CT molecular complexity index is 238. The highest BCUT2D eigenvalue weighted by Gasteiger charge is 2.58. The van der Waals surface area contributed by atoms with Gasteiger partial charge in [0.1, 0.15) is 0 Å². The predicted octanol–water partition coefficient (Wildman–Crippen LogP) is -1.88. The molecule has 2 bridgehead atoms. The molecule has 2 saturated carbocycles. The van der Waals surface area contributed by atoms with E-state index in [-0.39, 0.29) is 17.1 Å². The van der Waals surface area contributed by atoms with Crippen molar-refractivity contribution in [3.63, 3.8) is 0 Å². The van der Waals surface area contributed by atoms with E-state index in [0.29, 0.717) is 5.92 Å². The molecule has 2 rings (SSSR count). The zero-order valence-corrected chi connectivity index (χ0v) is 8.97. The van der Waals surface area contributed by atoms with Crippen LogP contribution in [0.15, 0.2) is 0 Å². The minimum absolute atomic E-state index is 0.173. The smallest absolute Gasteiger partial charge is 0.176 e. The first kappa shape index (κ1) is 11.3. The zero-order valence-electron chi connectivity index (χ0n) is 8.97. The molecule has 0 heterocycles. The van der Waals surface area contributed by atoms with Crippen molar-refractivity contribution in [1.29, 1.82) is 0 Å². The van der Waals surface area contributed by atoms with Gasteiger partial charge in [0.15, 0.2) is 12.1 Å². The molecule has 3 N–H and O–H groups in total. The largest absolute Gasteiger partial charge is 0.600 e. The van der Waals surface area contributed by atoms with Crippen LogP contribution in [0, 0.1) is 28.2 Å². The number of rotatable bonds is 3. The average Bonchev–Trinajstić information content (AvgIpc) is 2.71. The molecule has 0 aromatic carbocycles. The van der Waals surface area contributed by atoms with E-state index in [9.17, 15) is 10.4 Å². The number of fused-ring (bicyclic) bond motifs is 2. The van der Waals surface area contributed by atoms with Crippen molar-refractivity contribution in [2.24, 2.45) is 17.8 Å². The van der Waals surface area contributed by atoms with Gasteiger partial charge in [0.2, 0.25) is 0 Å². The first-order valence-electron chi connectivity index (χ1n) is 5.37. The van der Waals surface area contributed by atoms with Gasteiger partial charge >= 0.3 is 0 Å². The monoisotopic (exact) mass is 218 g/mol. The van der Waals surface area contributed by atoms with E-state index in [2.05, 4.69) is 6.92 Å². The summed E-state index contributed by atoms with van der Waals surface area (Å²) in [6.45, 7) is 2.10. The number of nitrogens with one attached hydrogen (secondary N) is 2. The summed E-state index contributed by atoms with van der Waals surface area (Å²) in [4.78, 5) is 4.71. The summed E-state index contributed by atoms with van der Waals surface area (Å²) < 4.78 is 0. The Morgan fingerprint density at radius 2 is 1.93 bits per heavy atom. The summed E-state index contributed by atoms with van der Waals surface area (Å²) in [7, 11) is 1.33. The van der Waals surface area contributed by atoms with E-state index in [1.807, 2.05) is 0 Å². The lowest BCUT2D eigenvalue weighted by Crippen LogP contribution is -3.21. The van der Waals surface area contributed by atoms with Gasteiger partial charge in [0.25, 0.3) is 0 Å². The molecule has 88 valence electrons. The molecular formula is C9H18N2O4. The first-order chi connectivity index (χ1) is 7.06. The molecular weight excluding hydrogens is 200 g/mol. The molecule has 15 heavy (non-hydrogen) atoms. The van der Waals surface area contributed by atoms with Crippen LogP contribution in [0.2, 0.25) is 0 Å². The number of quaternary nitrogens is 2. The van der Waals surface area contributed by atoms with E-state index in [0.717, 1.165) is 12.8 Å². The van der Waals surface area contributed by atoms with Gasteiger partial charge in [-0.05, 0) is 18.8 Å². The number of hydrogen-bond donors (Lipinski definition) is 3. The quantitative estimate of drug-likeness (QED) is 0.484. The lowest BCUT2D eigenvalue weighted by atomic mass is 9.83. The molecule has 0 spiro atoms. The van der Waals surface area contributed by atoms with Crippen molar-refractivity contribution in [1.82, 2.24) is 0 Å². The molecule has 0 aliphatic heterocycles. The van der Waals surface area contributed by atoms with Crippen LogP contribution in [0.4, 0.5) is 0 Å². The normalized spacial score (nSPS) is 48.2. The standard InChI is InChI=1S/C9H18N2O4/c1-5-3-6-4-7(5)9(11(14)15-2)8(6)10(12)13/h5-12H,3-4H2,1-2H3. The molecule has 2 aliphatic carbocycles. The van der Waals surface area contributed by atoms with Crippen LogP contribution in [0.25, 0.3) is 0 Å². The predicted molar refractivity (Wildman–Crippen MR) is 50.4 cm³/mol. The average molecular weight is 218 g/mol. The van der Waals surface area contributed by atoms with Gasteiger partial charge in [0, 0.05) is 11.8 Å². The molecule has 0 saturated heterocycles. The Hall–Kier alpha value is -0.240. The van der Waals surface area contributed by atoms with Crippen LogP contribution < -0.4 is 10.5 Å². The van der Waals surface area contributed by atoms with Crippen LogP contribution >= 0.6 is 0 Å². The van der Waals surface area contributed by atoms with Gasteiger partial charge in [-0.3, -0.25) is 0 Å². The molecule has 0 radical (unpaired) electrons. The molecule has 2 aliphatic rings. The Labute approximate surface area is 88.5 Å². The summed E-state index contributed by atoms with van der Waals surface area (Å²) in [6.07, 6.45) is 1.81. The third kappa shape index (κ3) is 1.67. The van der Waals surface area contributed by atoms with Gasteiger partial charge < -0.3 is 10.4 Å². The fraction of sp³-hybridized carbons (Fsp3) is 1.00. The van der Waals surface area contributed by atoms with Crippen molar-refractivity contribution in [3.8, 4) is 0 Å². The molecule has 0 aromatic heterocycles. The maximum atomic E-state index is 11.6. The van der Waals surface area contributed by atoms with Crippen LogP contribution in [0.5, 0.6) is 0 Å². The second kappa shape index (κ2) is 3.97. The molecule has 7 atom stereocenters. The van der Waals surface area contributed by atoms with Crippen LogP contribution in [0.1, 0.15) is 19.8 Å². The van der Waals surface area contributed by atoms with E-state index in [1.165, 1.54) is 7.11 Å². The number of hydroxylamine groups is 4. The van der Waals surface area contributed by atoms with E-state index < -0.39 is 17.3 Å². The van der Waals surface area contributed by atoms with Gasteiger partial charge in [-0.1, -0.05) is 6.92 Å². The Morgan fingerprint density at radius 3 is 2.47 bits per heavy atom. The molecule has 6 nitrogen and oxygen atoms in total. The number of hydrogen-bond acceptors (Lipinski definition) is 4. The third-order valence-electron chi connectivity index (χ3n) is 4.09. The molecule has 0 aromatic rings. The lowest BCUT2D eigenvalue weighted by molar-refractivity contribution is -1.13. The van der Waals surface area contributed by atoms with Gasteiger partial charge in [-0.25, -0.2) is 20.5 Å². The van der Waals surface area contributed by atoms with E-state index in [4.69, 9.17) is 10.0 Å². The maximum absolute atomic E-state index is 11.6. The summed E-state index contributed by atoms with van der Waals surface area (Å²) in [6, 6.07) is -0.931. The highest BCUT2D eigenvalue weighted by atomic mass is 16.9.